The van der Waals surface area contributed by atoms with Gasteiger partial charge in [0.25, 0.3) is 0 Å². The number of anilines is 1. The Balaban J connectivity index is 0.00000300. The number of halogens is 1. The summed E-state index contributed by atoms with van der Waals surface area (Å²) >= 11 is 0. The van der Waals surface area contributed by atoms with E-state index in [2.05, 4.69) is 21.7 Å². The molecule has 0 amide bonds. The van der Waals surface area contributed by atoms with Gasteiger partial charge in [-0.2, -0.15) is 0 Å². The van der Waals surface area contributed by atoms with E-state index >= 15 is 0 Å². The molecule has 29 heavy (non-hydrogen) atoms. The summed E-state index contributed by atoms with van der Waals surface area (Å²) in [6.07, 6.45) is 1.56. The molecule has 0 heterocycles. The first-order chi connectivity index (χ1) is 13.6. The van der Waals surface area contributed by atoms with E-state index in [0.717, 1.165) is 24.2 Å². The van der Waals surface area contributed by atoms with Crippen molar-refractivity contribution in [2.75, 3.05) is 32.1 Å². The van der Waals surface area contributed by atoms with Gasteiger partial charge in [-0.3, -0.25) is 0 Å². The summed E-state index contributed by atoms with van der Waals surface area (Å²) in [5, 5.41) is 17.6. The highest BCUT2D eigenvalue weighted by Crippen LogP contribution is 2.37. The predicted octanol–water partition coefficient (Wildman–Crippen LogP) is 3.92. The molecule has 0 aromatic heterocycles. The third kappa shape index (κ3) is 5.54. The van der Waals surface area contributed by atoms with E-state index in [0.29, 0.717) is 37.0 Å². The van der Waals surface area contributed by atoms with Crippen molar-refractivity contribution in [3.05, 3.63) is 53.6 Å². The monoisotopic (exact) mass is 511 g/mol. The molecular weight excluding hydrogens is 481 g/mol. The van der Waals surface area contributed by atoms with Gasteiger partial charge in [0.1, 0.15) is 5.60 Å². The average Bonchev–Trinajstić information content (AvgIpc) is 3.05. The van der Waals surface area contributed by atoms with E-state index in [1.807, 2.05) is 50.2 Å². The van der Waals surface area contributed by atoms with Crippen LogP contribution in [0.5, 0.6) is 11.5 Å². The molecule has 2 aromatic carbocycles. The summed E-state index contributed by atoms with van der Waals surface area (Å²) in [5.41, 5.74) is 2.10. The molecule has 0 bridgehead atoms. The van der Waals surface area contributed by atoms with E-state index in [1.54, 1.807) is 7.11 Å². The zero-order valence-corrected chi connectivity index (χ0v) is 19.5. The number of benzene rings is 2. The molecule has 0 spiro atoms. The van der Waals surface area contributed by atoms with E-state index in [9.17, 15) is 5.11 Å². The Morgan fingerprint density at radius 3 is 2.69 bits per heavy atom. The minimum Gasteiger partial charge on any atom is -0.493 e. The maximum Gasteiger partial charge on any atom is 0.195 e. The number of aliphatic imine (C=N–C) groups is 1. The SMILES string of the molecule is CCNC(=NCC1(O)CCc2ccccc21)Nc1ccc(OCC)c(OC)c1.I. The normalized spacial score (nSPS) is 17.9. The van der Waals surface area contributed by atoms with Gasteiger partial charge < -0.3 is 25.2 Å². The molecule has 3 rings (SSSR count). The molecule has 0 saturated carbocycles. The molecule has 0 saturated heterocycles. The molecule has 0 fully saturated rings. The first-order valence-electron chi connectivity index (χ1n) is 9.76. The molecule has 1 atom stereocenters. The van der Waals surface area contributed by atoms with Crippen LogP contribution in [0.1, 0.15) is 31.4 Å². The smallest absolute Gasteiger partial charge is 0.195 e. The second kappa shape index (κ2) is 10.7. The molecule has 2 aromatic rings. The standard InChI is InChI=1S/C22H29N3O3.HI/c1-4-23-21(25-17-10-11-19(28-5-2)20(14-17)27-3)24-15-22(26)13-12-16-8-6-7-9-18(16)22;/h6-11,14,26H,4-5,12-13,15H2,1-3H3,(H2,23,24,25);1H. The number of nitrogens with zero attached hydrogens (tertiary/aromatic N) is 1. The third-order valence-electron chi connectivity index (χ3n) is 4.90. The van der Waals surface area contributed by atoms with Gasteiger partial charge in [0.15, 0.2) is 17.5 Å². The Morgan fingerprint density at radius 1 is 1.17 bits per heavy atom. The maximum atomic E-state index is 11.1. The highest BCUT2D eigenvalue weighted by atomic mass is 127. The molecule has 1 aliphatic carbocycles. The van der Waals surface area contributed by atoms with E-state index in [-0.39, 0.29) is 24.0 Å². The number of nitrogens with one attached hydrogen (secondary N) is 2. The molecule has 0 aliphatic heterocycles. The quantitative estimate of drug-likeness (QED) is 0.299. The van der Waals surface area contributed by atoms with Crippen molar-refractivity contribution in [3.8, 4) is 11.5 Å². The number of ether oxygens (including phenoxy) is 2. The number of rotatable bonds is 7. The second-order valence-corrected chi connectivity index (χ2v) is 6.81. The van der Waals surface area contributed by atoms with Crippen molar-refractivity contribution < 1.29 is 14.6 Å². The number of guanidine groups is 1. The minimum atomic E-state index is -0.921. The van der Waals surface area contributed by atoms with Crippen LogP contribution in [0.25, 0.3) is 0 Å². The first kappa shape index (κ1) is 23.3. The van der Waals surface area contributed by atoms with E-state index < -0.39 is 5.60 Å². The number of aliphatic hydroxyl groups is 1. The van der Waals surface area contributed by atoms with Crippen LogP contribution in [0.2, 0.25) is 0 Å². The van der Waals surface area contributed by atoms with Gasteiger partial charge in [-0.15, -0.1) is 24.0 Å². The van der Waals surface area contributed by atoms with Crippen molar-refractivity contribution in [1.82, 2.24) is 5.32 Å². The van der Waals surface area contributed by atoms with Gasteiger partial charge in [-0.25, -0.2) is 4.99 Å². The fraction of sp³-hybridized carbons (Fsp3) is 0.409. The first-order valence-corrected chi connectivity index (χ1v) is 9.76. The van der Waals surface area contributed by atoms with Crippen LogP contribution in [0.4, 0.5) is 5.69 Å². The van der Waals surface area contributed by atoms with Gasteiger partial charge >= 0.3 is 0 Å². The molecule has 6 nitrogen and oxygen atoms in total. The van der Waals surface area contributed by atoms with Crippen molar-refractivity contribution in [2.45, 2.75) is 32.3 Å². The molecule has 0 radical (unpaired) electrons. The highest BCUT2D eigenvalue weighted by molar-refractivity contribution is 14.0. The van der Waals surface area contributed by atoms with Crippen molar-refractivity contribution in [2.24, 2.45) is 4.99 Å². The summed E-state index contributed by atoms with van der Waals surface area (Å²) in [6, 6.07) is 13.7. The third-order valence-corrected chi connectivity index (χ3v) is 4.90. The molecule has 1 unspecified atom stereocenters. The Bertz CT molecular complexity index is 844. The van der Waals surface area contributed by atoms with Gasteiger partial charge in [0, 0.05) is 18.3 Å². The van der Waals surface area contributed by atoms with Crippen LogP contribution in [0.15, 0.2) is 47.5 Å². The Morgan fingerprint density at radius 2 is 1.97 bits per heavy atom. The number of hydrogen-bond acceptors (Lipinski definition) is 4. The van der Waals surface area contributed by atoms with Gasteiger partial charge in [0.05, 0.1) is 20.3 Å². The van der Waals surface area contributed by atoms with Crippen LogP contribution in [0.3, 0.4) is 0 Å². The Kier molecular flexibility index (Phi) is 8.58. The number of fused-ring (bicyclic) bond motifs is 1. The number of hydrogen-bond donors (Lipinski definition) is 3. The largest absolute Gasteiger partial charge is 0.493 e. The topological polar surface area (TPSA) is 75.1 Å². The maximum absolute atomic E-state index is 11.1. The van der Waals surface area contributed by atoms with Crippen molar-refractivity contribution >= 4 is 35.6 Å². The summed E-state index contributed by atoms with van der Waals surface area (Å²) in [5.74, 6) is 1.98. The van der Waals surface area contributed by atoms with Crippen LogP contribution >= 0.6 is 24.0 Å². The number of aryl methyl sites for hydroxylation is 1. The van der Waals surface area contributed by atoms with Gasteiger partial charge in [-0.05, 0) is 49.9 Å². The van der Waals surface area contributed by atoms with E-state index in [4.69, 9.17) is 9.47 Å². The van der Waals surface area contributed by atoms with Crippen LogP contribution in [-0.2, 0) is 12.0 Å². The lowest BCUT2D eigenvalue weighted by Gasteiger charge is -2.23. The molecule has 158 valence electrons. The van der Waals surface area contributed by atoms with Gasteiger partial charge in [-0.1, -0.05) is 24.3 Å². The van der Waals surface area contributed by atoms with Gasteiger partial charge in [0.2, 0.25) is 0 Å². The molecular formula is C22H30IN3O3. The minimum absolute atomic E-state index is 0. The average molecular weight is 511 g/mol. The fourth-order valence-corrected chi connectivity index (χ4v) is 3.51. The lowest BCUT2D eigenvalue weighted by molar-refractivity contribution is 0.0486. The van der Waals surface area contributed by atoms with Crippen molar-refractivity contribution in [1.29, 1.82) is 0 Å². The predicted molar refractivity (Wildman–Crippen MR) is 128 cm³/mol. The van der Waals surface area contributed by atoms with Crippen molar-refractivity contribution in [3.63, 3.8) is 0 Å². The zero-order valence-electron chi connectivity index (χ0n) is 17.2. The number of methoxy groups -OCH3 is 1. The van der Waals surface area contributed by atoms with E-state index in [1.165, 1.54) is 5.56 Å². The summed E-state index contributed by atoms with van der Waals surface area (Å²) < 4.78 is 11.0. The highest BCUT2D eigenvalue weighted by Gasteiger charge is 2.36. The summed E-state index contributed by atoms with van der Waals surface area (Å²) in [7, 11) is 1.62. The second-order valence-electron chi connectivity index (χ2n) is 6.81. The molecule has 3 N–H and O–H groups in total. The Labute approximate surface area is 189 Å². The van der Waals surface area contributed by atoms with Crippen LogP contribution in [-0.4, -0.2) is 37.9 Å². The summed E-state index contributed by atoms with van der Waals surface area (Å²) in [6.45, 7) is 5.54. The summed E-state index contributed by atoms with van der Waals surface area (Å²) in [4.78, 5) is 4.65. The lowest BCUT2D eigenvalue weighted by Crippen LogP contribution is -2.34. The fourth-order valence-electron chi connectivity index (χ4n) is 3.51. The molecule has 7 heteroatoms. The lowest BCUT2D eigenvalue weighted by atomic mass is 9.96. The Hall–Kier alpha value is -2.00. The zero-order chi connectivity index (χ0) is 20.0. The molecule has 1 aliphatic rings. The van der Waals surface area contributed by atoms with Crippen LogP contribution in [0, 0.1) is 0 Å². The van der Waals surface area contributed by atoms with Crippen LogP contribution < -0.4 is 20.1 Å².